The standard InChI is InChI=1S/C24H28N2O6/c1-3-15-31-24(30)18-11-13-19(14-12-18)25-21(27)9-6-10-23(29)32-16-22(28)26-20-8-5-4-7-17(20)2/h4-5,7-8,11-14H,3,6,9-10,15-16H2,1-2H3,(H,25,27)(H,26,28). The van der Waals surface area contributed by atoms with E-state index in [1.165, 1.54) is 0 Å². The number of rotatable bonds is 11. The lowest BCUT2D eigenvalue weighted by Gasteiger charge is -2.09. The molecule has 0 bridgehead atoms. The first-order valence-corrected chi connectivity index (χ1v) is 10.5. The van der Waals surface area contributed by atoms with Crippen LogP contribution in [0.1, 0.15) is 48.5 Å². The number of carbonyl (C=O) groups excluding carboxylic acids is 4. The van der Waals surface area contributed by atoms with Crippen molar-refractivity contribution in [1.29, 1.82) is 0 Å². The summed E-state index contributed by atoms with van der Waals surface area (Å²) in [6.07, 6.45) is 1.16. The zero-order chi connectivity index (χ0) is 23.3. The van der Waals surface area contributed by atoms with Crippen LogP contribution in [0.3, 0.4) is 0 Å². The number of benzene rings is 2. The van der Waals surface area contributed by atoms with E-state index in [4.69, 9.17) is 9.47 Å². The summed E-state index contributed by atoms with van der Waals surface area (Å²) in [6, 6.07) is 13.7. The van der Waals surface area contributed by atoms with E-state index < -0.39 is 17.8 Å². The summed E-state index contributed by atoms with van der Waals surface area (Å²) in [4.78, 5) is 47.5. The third-order valence-corrected chi connectivity index (χ3v) is 4.41. The molecule has 0 aromatic heterocycles. The summed E-state index contributed by atoms with van der Waals surface area (Å²) in [5.74, 6) is -1.65. The topological polar surface area (TPSA) is 111 Å². The van der Waals surface area contributed by atoms with Gasteiger partial charge >= 0.3 is 11.9 Å². The van der Waals surface area contributed by atoms with Crippen LogP contribution in [0.25, 0.3) is 0 Å². The molecular weight excluding hydrogens is 412 g/mol. The average Bonchev–Trinajstić information content (AvgIpc) is 2.78. The molecule has 0 spiro atoms. The zero-order valence-electron chi connectivity index (χ0n) is 18.3. The van der Waals surface area contributed by atoms with E-state index in [-0.39, 0.29) is 31.8 Å². The van der Waals surface area contributed by atoms with Crippen molar-refractivity contribution < 1.29 is 28.7 Å². The van der Waals surface area contributed by atoms with Crippen LogP contribution in [0.2, 0.25) is 0 Å². The summed E-state index contributed by atoms with van der Waals surface area (Å²) < 4.78 is 10.0. The van der Waals surface area contributed by atoms with Gasteiger partial charge in [-0.25, -0.2) is 4.79 Å². The molecule has 2 aromatic rings. The van der Waals surface area contributed by atoms with E-state index in [0.29, 0.717) is 23.5 Å². The van der Waals surface area contributed by atoms with Crippen LogP contribution in [-0.4, -0.2) is 37.0 Å². The van der Waals surface area contributed by atoms with Crippen LogP contribution in [0.4, 0.5) is 11.4 Å². The maximum Gasteiger partial charge on any atom is 0.338 e. The number of aryl methyl sites for hydroxylation is 1. The lowest BCUT2D eigenvalue weighted by Crippen LogP contribution is -2.21. The van der Waals surface area contributed by atoms with Gasteiger partial charge < -0.3 is 20.1 Å². The van der Waals surface area contributed by atoms with Crippen molar-refractivity contribution in [2.75, 3.05) is 23.8 Å². The van der Waals surface area contributed by atoms with Gasteiger partial charge in [0.1, 0.15) is 0 Å². The Bertz CT molecular complexity index is 940. The summed E-state index contributed by atoms with van der Waals surface area (Å²) in [5.41, 5.74) is 2.52. The van der Waals surface area contributed by atoms with Crippen LogP contribution in [0.15, 0.2) is 48.5 Å². The summed E-state index contributed by atoms with van der Waals surface area (Å²) >= 11 is 0. The summed E-state index contributed by atoms with van der Waals surface area (Å²) in [6.45, 7) is 3.75. The molecule has 0 unspecified atom stereocenters. The Morgan fingerprint density at radius 1 is 0.844 bits per heavy atom. The second-order valence-corrected chi connectivity index (χ2v) is 7.14. The predicted octanol–water partition coefficient (Wildman–Crippen LogP) is 3.85. The Hall–Kier alpha value is -3.68. The van der Waals surface area contributed by atoms with Crippen molar-refractivity contribution >= 4 is 35.1 Å². The maximum absolute atomic E-state index is 12.0. The van der Waals surface area contributed by atoms with Crippen molar-refractivity contribution in [3.8, 4) is 0 Å². The number of carbonyl (C=O) groups is 4. The van der Waals surface area contributed by atoms with Gasteiger partial charge in [-0.1, -0.05) is 25.1 Å². The highest BCUT2D eigenvalue weighted by molar-refractivity contribution is 5.94. The summed E-state index contributed by atoms with van der Waals surface area (Å²) in [5, 5.41) is 5.38. The molecule has 2 rings (SSSR count). The molecule has 8 nitrogen and oxygen atoms in total. The zero-order valence-corrected chi connectivity index (χ0v) is 18.3. The van der Waals surface area contributed by atoms with Gasteiger partial charge in [0.15, 0.2) is 6.61 Å². The molecule has 2 aromatic carbocycles. The smallest absolute Gasteiger partial charge is 0.338 e. The van der Waals surface area contributed by atoms with Gasteiger partial charge in [0, 0.05) is 24.2 Å². The average molecular weight is 440 g/mol. The SMILES string of the molecule is CCCOC(=O)c1ccc(NC(=O)CCCC(=O)OCC(=O)Nc2ccccc2C)cc1. The molecule has 0 atom stereocenters. The quantitative estimate of drug-likeness (QED) is 0.514. The van der Waals surface area contributed by atoms with Gasteiger partial charge in [0.25, 0.3) is 5.91 Å². The number of amides is 2. The van der Waals surface area contributed by atoms with Crippen LogP contribution >= 0.6 is 0 Å². The molecule has 0 fully saturated rings. The minimum atomic E-state index is -0.548. The fourth-order valence-electron chi connectivity index (χ4n) is 2.70. The Balaban J connectivity index is 1.64. The molecule has 8 heteroatoms. The number of ether oxygens (including phenoxy) is 2. The largest absolute Gasteiger partial charge is 0.462 e. The molecule has 0 aliphatic heterocycles. The second-order valence-electron chi connectivity index (χ2n) is 7.14. The number of anilines is 2. The molecule has 0 aliphatic rings. The molecule has 2 amide bonds. The van der Waals surface area contributed by atoms with Crippen LogP contribution < -0.4 is 10.6 Å². The molecule has 0 radical (unpaired) electrons. The Morgan fingerprint density at radius 3 is 2.25 bits per heavy atom. The lowest BCUT2D eigenvalue weighted by molar-refractivity contribution is -0.147. The third-order valence-electron chi connectivity index (χ3n) is 4.41. The fraction of sp³-hybridized carbons (Fsp3) is 0.333. The van der Waals surface area contributed by atoms with Gasteiger partial charge in [0.05, 0.1) is 12.2 Å². The molecule has 0 aliphatic carbocycles. The number of hydrogen-bond donors (Lipinski definition) is 2. The predicted molar refractivity (Wildman–Crippen MR) is 120 cm³/mol. The number of hydrogen-bond acceptors (Lipinski definition) is 6. The second kappa shape index (κ2) is 12.9. The Morgan fingerprint density at radius 2 is 1.56 bits per heavy atom. The minimum Gasteiger partial charge on any atom is -0.462 e. The van der Waals surface area contributed by atoms with E-state index in [2.05, 4.69) is 10.6 Å². The van der Waals surface area contributed by atoms with Crippen molar-refractivity contribution in [3.05, 3.63) is 59.7 Å². The Labute approximate surface area is 187 Å². The Kier molecular flexibility index (Phi) is 9.90. The van der Waals surface area contributed by atoms with Gasteiger partial charge in [-0.2, -0.15) is 0 Å². The highest BCUT2D eigenvalue weighted by atomic mass is 16.5. The molecule has 0 saturated carbocycles. The number of esters is 2. The van der Waals surface area contributed by atoms with Crippen molar-refractivity contribution in [2.45, 2.75) is 39.5 Å². The lowest BCUT2D eigenvalue weighted by atomic mass is 10.2. The number of nitrogens with one attached hydrogen (secondary N) is 2. The highest BCUT2D eigenvalue weighted by Crippen LogP contribution is 2.13. The van der Waals surface area contributed by atoms with Crippen LogP contribution in [0, 0.1) is 6.92 Å². The first kappa shape index (κ1) is 24.6. The molecular formula is C24H28N2O6. The molecule has 0 saturated heterocycles. The molecule has 170 valence electrons. The first-order valence-electron chi connectivity index (χ1n) is 10.5. The fourth-order valence-corrected chi connectivity index (χ4v) is 2.70. The van der Waals surface area contributed by atoms with Gasteiger partial charge in [-0.05, 0) is 55.7 Å². The molecule has 2 N–H and O–H groups in total. The van der Waals surface area contributed by atoms with Crippen molar-refractivity contribution in [3.63, 3.8) is 0 Å². The highest BCUT2D eigenvalue weighted by Gasteiger charge is 2.11. The minimum absolute atomic E-state index is 0.0211. The van der Waals surface area contributed by atoms with E-state index in [9.17, 15) is 19.2 Å². The summed E-state index contributed by atoms with van der Waals surface area (Å²) in [7, 11) is 0. The van der Waals surface area contributed by atoms with E-state index in [1.807, 2.05) is 26.0 Å². The molecule has 0 heterocycles. The van der Waals surface area contributed by atoms with E-state index >= 15 is 0 Å². The van der Waals surface area contributed by atoms with E-state index in [0.717, 1.165) is 12.0 Å². The van der Waals surface area contributed by atoms with Gasteiger partial charge in [0.2, 0.25) is 5.91 Å². The monoisotopic (exact) mass is 440 g/mol. The normalized spacial score (nSPS) is 10.2. The third kappa shape index (κ3) is 8.59. The van der Waals surface area contributed by atoms with Gasteiger partial charge in [-0.3, -0.25) is 14.4 Å². The van der Waals surface area contributed by atoms with Crippen LogP contribution in [-0.2, 0) is 23.9 Å². The maximum atomic E-state index is 12.0. The van der Waals surface area contributed by atoms with Crippen molar-refractivity contribution in [2.24, 2.45) is 0 Å². The van der Waals surface area contributed by atoms with Crippen molar-refractivity contribution in [1.82, 2.24) is 0 Å². The number of para-hydroxylation sites is 1. The van der Waals surface area contributed by atoms with Crippen LogP contribution in [0.5, 0.6) is 0 Å². The van der Waals surface area contributed by atoms with E-state index in [1.54, 1.807) is 36.4 Å². The molecule has 32 heavy (non-hydrogen) atoms. The van der Waals surface area contributed by atoms with Gasteiger partial charge in [-0.15, -0.1) is 0 Å². The first-order chi connectivity index (χ1) is 15.4.